The van der Waals surface area contributed by atoms with E-state index >= 15 is 0 Å². The molecular weight excluding hydrogens is 242 g/mol. The first kappa shape index (κ1) is 15.0. The molecule has 0 saturated heterocycles. The molecule has 1 fully saturated rings. The summed E-state index contributed by atoms with van der Waals surface area (Å²) in [7, 11) is 0. The summed E-state index contributed by atoms with van der Waals surface area (Å²) in [5, 5.41) is 19.4. The van der Waals surface area contributed by atoms with Gasteiger partial charge in [-0.05, 0) is 37.0 Å². The largest absolute Gasteiger partial charge is 0.390 e. The minimum atomic E-state index is -1.02. The molecule has 0 aromatic rings. The molecule has 0 aliphatic heterocycles. The fourth-order valence-electron chi connectivity index (χ4n) is 1.70. The lowest BCUT2D eigenvalue weighted by Gasteiger charge is -2.38. The average Bonchev–Trinajstić information content (AvgIpc) is 2.15. The first-order chi connectivity index (χ1) is 7.00. The monoisotopic (exact) mass is 257 g/mol. The van der Waals surface area contributed by atoms with Gasteiger partial charge in [-0.1, -0.05) is 6.92 Å². The van der Waals surface area contributed by atoms with Crippen LogP contribution in [0.25, 0.3) is 0 Å². The Morgan fingerprint density at radius 1 is 1.60 bits per heavy atom. The Bertz CT molecular complexity index is 225. The number of hydrogen-bond acceptors (Lipinski definition) is 5. The van der Waals surface area contributed by atoms with Crippen molar-refractivity contribution >= 4 is 23.3 Å². The van der Waals surface area contributed by atoms with Gasteiger partial charge in [0, 0.05) is 6.54 Å². The van der Waals surface area contributed by atoms with Crippen LogP contribution in [0.2, 0.25) is 0 Å². The fourth-order valence-corrected chi connectivity index (χ4v) is 1.93. The highest BCUT2D eigenvalue weighted by Gasteiger charge is 2.39. The second-order valence-electron chi connectivity index (χ2n) is 3.88. The molecule has 0 bridgehead atoms. The summed E-state index contributed by atoms with van der Waals surface area (Å²) in [5.74, 6) is 0.496. The predicted octanol–water partition coefficient (Wildman–Crippen LogP) is -0.0284. The molecule has 3 N–H and O–H groups in total. The second-order valence-corrected chi connectivity index (χ2v) is 4.28. The summed E-state index contributed by atoms with van der Waals surface area (Å²) in [6, 6.07) is 0. The lowest BCUT2D eigenvalue weighted by Crippen LogP contribution is -2.51. The molecule has 0 radical (unpaired) electrons. The summed E-state index contributed by atoms with van der Waals surface area (Å²) in [4.78, 5) is 2.39. The van der Waals surface area contributed by atoms with E-state index < -0.39 is 23.3 Å². The van der Waals surface area contributed by atoms with E-state index in [0.717, 1.165) is 6.42 Å². The van der Waals surface area contributed by atoms with Crippen LogP contribution in [0.4, 0.5) is 0 Å². The molecule has 0 heterocycles. The van der Waals surface area contributed by atoms with Gasteiger partial charge in [-0.2, -0.15) is 8.42 Å². The Balaban J connectivity index is 0.000000583. The van der Waals surface area contributed by atoms with Gasteiger partial charge < -0.3 is 10.2 Å². The van der Waals surface area contributed by atoms with E-state index in [1.807, 2.05) is 0 Å². The van der Waals surface area contributed by atoms with Crippen LogP contribution in [0, 0.1) is 5.92 Å². The smallest absolute Gasteiger partial charge is 0.335 e. The second kappa shape index (κ2) is 7.29. The van der Waals surface area contributed by atoms with Gasteiger partial charge in [0.25, 0.3) is 0 Å². The first-order valence-corrected chi connectivity index (χ1v) is 5.70. The minimum Gasteiger partial charge on any atom is -0.390 e. The van der Waals surface area contributed by atoms with Gasteiger partial charge in [0.15, 0.2) is 0 Å². The standard InChI is InChI=1S/C8H16ClNO2.O2S/c1-6-2-3-8(12,5-10-9)7(11)4-6;1-3-2/h6-7,10-12H,2-5H2,1H3;/t6-,7-,8-;/m0./s1. The zero-order chi connectivity index (χ0) is 11.9. The molecule has 0 aromatic carbocycles. The third-order valence-electron chi connectivity index (χ3n) is 2.69. The fraction of sp³-hybridized carbons (Fsp3) is 1.00. The highest BCUT2D eigenvalue weighted by atomic mass is 35.5. The van der Waals surface area contributed by atoms with Crippen LogP contribution >= 0.6 is 11.8 Å². The van der Waals surface area contributed by atoms with Gasteiger partial charge >= 0.3 is 11.6 Å². The van der Waals surface area contributed by atoms with Gasteiger partial charge in [0.2, 0.25) is 0 Å². The molecule has 90 valence electrons. The van der Waals surface area contributed by atoms with Crippen LogP contribution in [-0.2, 0) is 11.6 Å². The van der Waals surface area contributed by atoms with E-state index in [-0.39, 0.29) is 6.54 Å². The Hall–Kier alpha value is -0.0100. The van der Waals surface area contributed by atoms with Gasteiger partial charge in [0.1, 0.15) is 5.60 Å². The zero-order valence-electron chi connectivity index (χ0n) is 8.48. The molecule has 5 nitrogen and oxygen atoms in total. The Morgan fingerprint density at radius 2 is 2.13 bits per heavy atom. The van der Waals surface area contributed by atoms with Crippen LogP contribution < -0.4 is 4.84 Å². The molecule has 1 rings (SSSR count). The summed E-state index contributed by atoms with van der Waals surface area (Å²) in [5.41, 5.74) is -1.02. The van der Waals surface area contributed by atoms with Crippen molar-refractivity contribution in [2.24, 2.45) is 5.92 Å². The van der Waals surface area contributed by atoms with Crippen molar-refractivity contribution in [3.8, 4) is 0 Å². The molecule has 0 aromatic heterocycles. The Labute approximate surface area is 97.5 Å². The number of halogens is 1. The lowest BCUT2D eigenvalue weighted by atomic mass is 9.77. The quantitative estimate of drug-likeness (QED) is 0.605. The van der Waals surface area contributed by atoms with Gasteiger partial charge in [0.05, 0.1) is 6.10 Å². The van der Waals surface area contributed by atoms with E-state index in [1.54, 1.807) is 0 Å². The number of aliphatic hydroxyl groups excluding tert-OH is 1. The van der Waals surface area contributed by atoms with Crippen LogP contribution in [0.15, 0.2) is 0 Å². The van der Waals surface area contributed by atoms with Crippen LogP contribution in [0.3, 0.4) is 0 Å². The highest BCUT2D eigenvalue weighted by molar-refractivity contribution is 7.51. The summed E-state index contributed by atoms with van der Waals surface area (Å²) in [6.07, 6.45) is 1.59. The number of nitrogens with one attached hydrogen (secondary N) is 1. The van der Waals surface area contributed by atoms with Crippen molar-refractivity contribution in [1.82, 2.24) is 4.84 Å². The molecule has 1 saturated carbocycles. The van der Waals surface area contributed by atoms with Crippen molar-refractivity contribution in [3.63, 3.8) is 0 Å². The topological polar surface area (TPSA) is 86.6 Å². The Morgan fingerprint density at radius 3 is 2.53 bits per heavy atom. The molecule has 1 aliphatic carbocycles. The van der Waals surface area contributed by atoms with Gasteiger partial charge in [-0.3, -0.25) is 0 Å². The molecule has 7 heteroatoms. The van der Waals surface area contributed by atoms with Gasteiger partial charge in [-0.15, -0.1) is 0 Å². The molecule has 1 aliphatic rings. The van der Waals surface area contributed by atoms with E-state index in [9.17, 15) is 10.2 Å². The number of hydrogen-bond donors (Lipinski definition) is 3. The third-order valence-corrected chi connectivity index (χ3v) is 2.82. The van der Waals surface area contributed by atoms with Crippen molar-refractivity contribution in [3.05, 3.63) is 0 Å². The molecular formula is C8H16ClNO4S. The highest BCUT2D eigenvalue weighted by Crippen LogP contribution is 2.31. The molecule has 15 heavy (non-hydrogen) atoms. The predicted molar refractivity (Wildman–Crippen MR) is 56.7 cm³/mol. The molecule has 0 spiro atoms. The maximum absolute atomic E-state index is 9.86. The molecule has 0 unspecified atom stereocenters. The van der Waals surface area contributed by atoms with Crippen molar-refractivity contribution in [2.75, 3.05) is 6.54 Å². The molecule has 3 atom stereocenters. The zero-order valence-corrected chi connectivity index (χ0v) is 10.1. The van der Waals surface area contributed by atoms with E-state index in [4.69, 9.17) is 20.2 Å². The summed E-state index contributed by atoms with van der Waals surface area (Å²) < 4.78 is 16.6. The maximum atomic E-state index is 9.86. The molecule has 0 amide bonds. The van der Waals surface area contributed by atoms with Crippen LogP contribution in [-0.4, -0.2) is 36.9 Å². The van der Waals surface area contributed by atoms with Crippen molar-refractivity contribution in [1.29, 1.82) is 0 Å². The van der Waals surface area contributed by atoms with Crippen molar-refractivity contribution in [2.45, 2.75) is 37.9 Å². The van der Waals surface area contributed by atoms with E-state index in [1.165, 1.54) is 0 Å². The maximum Gasteiger partial charge on any atom is 0.335 e. The first-order valence-electron chi connectivity index (χ1n) is 4.66. The summed E-state index contributed by atoms with van der Waals surface area (Å²) in [6.45, 7) is 2.33. The van der Waals surface area contributed by atoms with E-state index in [2.05, 4.69) is 11.8 Å². The van der Waals surface area contributed by atoms with Crippen molar-refractivity contribution < 1.29 is 18.6 Å². The third kappa shape index (κ3) is 5.03. The normalized spacial score (nSPS) is 35.2. The van der Waals surface area contributed by atoms with Gasteiger partial charge in [-0.25, -0.2) is 4.84 Å². The number of aliphatic hydroxyl groups is 2. The SMILES string of the molecule is C[C@H]1CC[C@](O)(CNCl)[C@@H](O)C1.O=S=O. The van der Waals surface area contributed by atoms with Crippen LogP contribution in [0.5, 0.6) is 0 Å². The summed E-state index contributed by atoms with van der Waals surface area (Å²) >= 11 is 4.56. The lowest BCUT2D eigenvalue weighted by molar-refractivity contribution is -0.105. The minimum absolute atomic E-state index is 0.252. The Kier molecular flexibility index (Phi) is 7.29. The van der Waals surface area contributed by atoms with E-state index in [0.29, 0.717) is 18.8 Å². The average molecular weight is 258 g/mol. The van der Waals surface area contributed by atoms with Crippen LogP contribution in [0.1, 0.15) is 26.2 Å². The number of rotatable bonds is 2.